The average molecular weight is 257 g/mol. The van der Waals surface area contributed by atoms with Crippen LogP contribution in [0.4, 0.5) is 0 Å². The summed E-state index contributed by atoms with van der Waals surface area (Å²) in [4.78, 5) is 14.3. The van der Waals surface area contributed by atoms with Crippen molar-refractivity contribution in [1.82, 2.24) is 4.98 Å². The highest BCUT2D eigenvalue weighted by Gasteiger charge is 2.14. The number of aryl methyl sites for hydroxylation is 1. The largest absolute Gasteiger partial charge is 0.478 e. The standard InChI is InChI=1S/C16H19NO2/c1-4-11-6-5-7-12-14(9-17-16(11)12)13(10(2)3)8-15(18)19/h5-10,17H,4H2,1-3H3,(H,18,19)/b13-8+. The Morgan fingerprint density at radius 1 is 1.42 bits per heavy atom. The van der Waals surface area contributed by atoms with Crippen molar-refractivity contribution in [2.45, 2.75) is 27.2 Å². The number of hydrogen-bond donors (Lipinski definition) is 2. The Balaban J connectivity index is 2.65. The Bertz CT molecular complexity index is 635. The van der Waals surface area contributed by atoms with Crippen LogP contribution in [0.2, 0.25) is 0 Å². The van der Waals surface area contributed by atoms with Crippen LogP contribution in [0.3, 0.4) is 0 Å². The first kappa shape index (κ1) is 13.4. The van der Waals surface area contributed by atoms with Gasteiger partial charge in [-0.3, -0.25) is 0 Å². The molecule has 0 amide bonds. The topological polar surface area (TPSA) is 53.1 Å². The number of rotatable bonds is 4. The van der Waals surface area contributed by atoms with Crippen molar-refractivity contribution in [3.63, 3.8) is 0 Å². The smallest absolute Gasteiger partial charge is 0.328 e. The highest BCUT2D eigenvalue weighted by molar-refractivity contribution is 5.99. The first-order valence-corrected chi connectivity index (χ1v) is 6.58. The number of allylic oxidation sites excluding steroid dienone is 1. The van der Waals surface area contributed by atoms with E-state index in [4.69, 9.17) is 5.11 Å². The second-order valence-electron chi connectivity index (χ2n) is 4.99. The van der Waals surface area contributed by atoms with Crippen LogP contribution in [0.1, 0.15) is 31.9 Å². The van der Waals surface area contributed by atoms with Crippen LogP contribution in [-0.2, 0) is 11.2 Å². The van der Waals surface area contributed by atoms with Crippen molar-refractivity contribution in [2.24, 2.45) is 5.92 Å². The Kier molecular flexibility index (Phi) is 3.74. The van der Waals surface area contributed by atoms with Gasteiger partial charge >= 0.3 is 5.97 Å². The number of carbonyl (C=O) groups is 1. The van der Waals surface area contributed by atoms with Gasteiger partial charge in [0, 0.05) is 28.7 Å². The number of fused-ring (bicyclic) bond motifs is 1. The molecule has 3 heteroatoms. The summed E-state index contributed by atoms with van der Waals surface area (Å²) in [5, 5.41) is 10.1. The highest BCUT2D eigenvalue weighted by Crippen LogP contribution is 2.31. The number of hydrogen-bond acceptors (Lipinski definition) is 1. The minimum absolute atomic E-state index is 0.167. The minimum Gasteiger partial charge on any atom is -0.478 e. The molecule has 0 aliphatic rings. The van der Waals surface area contributed by atoms with Crippen molar-refractivity contribution in [2.75, 3.05) is 0 Å². The third kappa shape index (κ3) is 2.55. The zero-order valence-electron chi connectivity index (χ0n) is 11.5. The predicted octanol–water partition coefficient (Wildman–Crippen LogP) is 3.85. The van der Waals surface area contributed by atoms with Gasteiger partial charge in [-0.1, -0.05) is 39.0 Å². The van der Waals surface area contributed by atoms with Crippen LogP contribution in [0.15, 0.2) is 30.5 Å². The van der Waals surface area contributed by atoms with Gasteiger partial charge in [-0.2, -0.15) is 0 Å². The summed E-state index contributed by atoms with van der Waals surface area (Å²) in [6.45, 7) is 6.14. The maximum atomic E-state index is 11.0. The molecule has 2 aromatic rings. The molecule has 2 N–H and O–H groups in total. The van der Waals surface area contributed by atoms with E-state index in [2.05, 4.69) is 18.0 Å². The number of para-hydroxylation sites is 1. The normalized spacial score (nSPS) is 12.3. The maximum absolute atomic E-state index is 11.0. The number of aliphatic carboxylic acids is 1. The van der Waals surface area contributed by atoms with E-state index in [9.17, 15) is 4.79 Å². The van der Waals surface area contributed by atoms with Gasteiger partial charge in [-0.25, -0.2) is 4.79 Å². The number of aromatic amines is 1. The van der Waals surface area contributed by atoms with Crippen LogP contribution < -0.4 is 0 Å². The minimum atomic E-state index is -0.898. The first-order chi connectivity index (χ1) is 9.04. The molecular formula is C16H19NO2. The Hall–Kier alpha value is -2.03. The van der Waals surface area contributed by atoms with Crippen molar-refractivity contribution in [3.05, 3.63) is 41.6 Å². The molecule has 3 nitrogen and oxygen atoms in total. The van der Waals surface area contributed by atoms with Gasteiger partial charge in [0.05, 0.1) is 0 Å². The summed E-state index contributed by atoms with van der Waals surface area (Å²) >= 11 is 0. The highest BCUT2D eigenvalue weighted by atomic mass is 16.4. The lowest BCUT2D eigenvalue weighted by Crippen LogP contribution is -1.98. The van der Waals surface area contributed by atoms with E-state index in [0.29, 0.717) is 0 Å². The summed E-state index contributed by atoms with van der Waals surface area (Å²) in [6.07, 6.45) is 4.18. The molecule has 19 heavy (non-hydrogen) atoms. The van der Waals surface area contributed by atoms with E-state index in [0.717, 1.165) is 28.5 Å². The van der Waals surface area contributed by atoms with Gasteiger partial charge in [0.2, 0.25) is 0 Å². The van der Waals surface area contributed by atoms with Gasteiger partial charge in [-0.15, -0.1) is 0 Å². The fourth-order valence-corrected chi connectivity index (χ4v) is 2.44. The molecular weight excluding hydrogens is 238 g/mol. The van der Waals surface area contributed by atoms with E-state index >= 15 is 0 Å². The summed E-state index contributed by atoms with van der Waals surface area (Å²) < 4.78 is 0. The molecule has 2 rings (SSSR count). The summed E-state index contributed by atoms with van der Waals surface area (Å²) in [6, 6.07) is 6.16. The SMILES string of the molecule is CCc1cccc2c(/C(=C/C(=O)O)C(C)C)c[nH]c12. The van der Waals surface area contributed by atoms with Gasteiger partial charge < -0.3 is 10.1 Å². The number of nitrogens with one attached hydrogen (secondary N) is 1. The monoisotopic (exact) mass is 257 g/mol. The number of H-pyrrole nitrogens is 1. The molecule has 0 aliphatic carbocycles. The lowest BCUT2D eigenvalue weighted by atomic mass is 9.94. The molecule has 1 aromatic carbocycles. The molecule has 1 aromatic heterocycles. The van der Waals surface area contributed by atoms with Gasteiger partial charge in [-0.05, 0) is 23.5 Å². The van der Waals surface area contributed by atoms with Gasteiger partial charge in [0.25, 0.3) is 0 Å². The molecule has 0 saturated carbocycles. The molecule has 0 bridgehead atoms. The lowest BCUT2D eigenvalue weighted by Gasteiger charge is -2.10. The van der Waals surface area contributed by atoms with Crippen LogP contribution in [0, 0.1) is 5.92 Å². The fourth-order valence-electron chi connectivity index (χ4n) is 2.44. The molecule has 0 radical (unpaired) electrons. The second kappa shape index (κ2) is 5.31. The Morgan fingerprint density at radius 2 is 2.16 bits per heavy atom. The van der Waals surface area contributed by atoms with Crippen LogP contribution >= 0.6 is 0 Å². The zero-order chi connectivity index (χ0) is 14.0. The third-order valence-corrected chi connectivity index (χ3v) is 3.39. The van der Waals surface area contributed by atoms with E-state index in [1.807, 2.05) is 32.2 Å². The molecule has 0 aliphatic heterocycles. The predicted molar refractivity (Wildman–Crippen MR) is 78.1 cm³/mol. The van der Waals surface area contributed by atoms with Crippen molar-refractivity contribution in [3.8, 4) is 0 Å². The van der Waals surface area contributed by atoms with Crippen molar-refractivity contribution >= 4 is 22.4 Å². The van der Waals surface area contributed by atoms with Crippen LogP contribution in [-0.4, -0.2) is 16.1 Å². The number of carboxylic acid groups (broad SMARTS) is 1. The van der Waals surface area contributed by atoms with E-state index in [1.54, 1.807) is 0 Å². The molecule has 0 unspecified atom stereocenters. The molecule has 100 valence electrons. The molecule has 0 atom stereocenters. The fraction of sp³-hybridized carbons (Fsp3) is 0.312. The number of benzene rings is 1. The van der Waals surface area contributed by atoms with Crippen LogP contribution in [0.5, 0.6) is 0 Å². The average Bonchev–Trinajstić information content (AvgIpc) is 2.78. The molecule has 0 spiro atoms. The third-order valence-electron chi connectivity index (χ3n) is 3.39. The maximum Gasteiger partial charge on any atom is 0.328 e. The van der Waals surface area contributed by atoms with Crippen molar-refractivity contribution in [1.29, 1.82) is 0 Å². The summed E-state index contributed by atoms with van der Waals surface area (Å²) in [7, 11) is 0. The zero-order valence-corrected chi connectivity index (χ0v) is 11.5. The van der Waals surface area contributed by atoms with E-state index in [1.165, 1.54) is 11.6 Å². The molecule has 0 saturated heterocycles. The second-order valence-corrected chi connectivity index (χ2v) is 4.99. The number of aromatic nitrogens is 1. The van der Waals surface area contributed by atoms with Crippen LogP contribution in [0.25, 0.3) is 16.5 Å². The summed E-state index contributed by atoms with van der Waals surface area (Å²) in [5.74, 6) is -0.731. The molecule has 1 heterocycles. The quantitative estimate of drug-likeness (QED) is 0.817. The van der Waals surface area contributed by atoms with Crippen molar-refractivity contribution < 1.29 is 9.90 Å². The van der Waals surface area contributed by atoms with Gasteiger partial charge in [0.1, 0.15) is 0 Å². The first-order valence-electron chi connectivity index (χ1n) is 6.58. The van der Waals surface area contributed by atoms with Gasteiger partial charge in [0.15, 0.2) is 0 Å². The summed E-state index contributed by atoms with van der Waals surface area (Å²) in [5.41, 5.74) is 4.20. The molecule has 0 fully saturated rings. The Morgan fingerprint density at radius 3 is 2.74 bits per heavy atom. The van der Waals surface area contributed by atoms with E-state index in [-0.39, 0.29) is 5.92 Å². The number of carboxylic acids is 1. The van der Waals surface area contributed by atoms with E-state index < -0.39 is 5.97 Å². The lowest BCUT2D eigenvalue weighted by molar-refractivity contribution is -0.131. The Labute approximate surface area is 113 Å².